The van der Waals surface area contributed by atoms with Crippen molar-refractivity contribution in [2.24, 2.45) is 0 Å². The lowest BCUT2D eigenvalue weighted by Gasteiger charge is -2.12. The zero-order chi connectivity index (χ0) is 26.5. The number of hydrogen-bond acceptors (Lipinski definition) is 6. The van der Waals surface area contributed by atoms with Crippen molar-refractivity contribution >= 4 is 54.9 Å². The van der Waals surface area contributed by atoms with E-state index in [1.165, 1.54) is 44.4 Å². The topological polar surface area (TPSA) is 151 Å². The minimum absolute atomic E-state index is 0.0245. The first-order valence-corrected chi connectivity index (χ1v) is 14.1. The predicted octanol–water partition coefficient (Wildman–Crippen LogP) is 2.08. The molecule has 2 aliphatic rings. The largest absolute Gasteiger partial charge is 0.325 e. The van der Waals surface area contributed by atoms with Crippen molar-refractivity contribution in [3.05, 3.63) is 82.9 Å². The van der Waals surface area contributed by atoms with Gasteiger partial charge in [-0.3, -0.25) is 9.59 Å². The van der Waals surface area contributed by atoms with Crippen LogP contribution in [-0.2, 0) is 29.6 Å². The van der Waals surface area contributed by atoms with Gasteiger partial charge in [0, 0.05) is 22.5 Å². The number of fused-ring (bicyclic) bond motifs is 2. The van der Waals surface area contributed by atoms with Crippen molar-refractivity contribution in [3.63, 3.8) is 0 Å². The molecular weight excluding hydrogens is 516 g/mol. The SMILES string of the molecule is CNS(=O)(=O)c1ccc2c(c1)/C(=C/c1cccc(C3C(=O)Nc4ccc(S(=O)(=O)NC)cc43)c1)C(=O)N2. The molecule has 0 saturated heterocycles. The molecule has 3 aromatic rings. The Hall–Kier alpha value is -3.84. The Bertz CT molecular complexity index is 1730. The van der Waals surface area contributed by atoms with Gasteiger partial charge in [-0.1, -0.05) is 24.3 Å². The summed E-state index contributed by atoms with van der Waals surface area (Å²) in [6.45, 7) is 0. The molecule has 2 aliphatic heterocycles. The van der Waals surface area contributed by atoms with Crippen molar-refractivity contribution in [3.8, 4) is 0 Å². The van der Waals surface area contributed by atoms with Gasteiger partial charge in [-0.05, 0) is 73.3 Å². The van der Waals surface area contributed by atoms with Crippen LogP contribution in [0.25, 0.3) is 11.6 Å². The Morgan fingerprint density at radius 1 is 0.784 bits per heavy atom. The van der Waals surface area contributed by atoms with Crippen molar-refractivity contribution in [1.29, 1.82) is 0 Å². The average Bonchev–Trinajstić information content (AvgIpc) is 3.38. The molecule has 4 N–H and O–H groups in total. The van der Waals surface area contributed by atoms with Crippen LogP contribution in [0.5, 0.6) is 0 Å². The maximum absolute atomic E-state index is 12.9. The maximum atomic E-state index is 12.9. The standard InChI is InChI=1S/C25H22N4O6S2/c1-26-36(32,33)16-6-8-21-18(12-16)19(24(30)28-21)11-14-4-3-5-15(10-14)23-20-13-17(37(34,35)27-2)7-9-22(20)29-25(23)31/h3-13,23,26-27H,1-2H3,(H,28,30)(H,29,31)/b19-11-. The molecule has 2 heterocycles. The van der Waals surface area contributed by atoms with Gasteiger partial charge in [0.25, 0.3) is 5.91 Å². The van der Waals surface area contributed by atoms with Gasteiger partial charge < -0.3 is 10.6 Å². The van der Waals surface area contributed by atoms with E-state index in [0.717, 1.165) is 0 Å². The molecule has 37 heavy (non-hydrogen) atoms. The smallest absolute Gasteiger partial charge is 0.256 e. The first-order valence-electron chi connectivity index (χ1n) is 11.1. The van der Waals surface area contributed by atoms with E-state index in [-0.39, 0.29) is 27.2 Å². The summed E-state index contributed by atoms with van der Waals surface area (Å²) in [7, 11) is -4.80. The van der Waals surface area contributed by atoms with Gasteiger partial charge >= 0.3 is 0 Å². The third kappa shape index (κ3) is 4.33. The average molecular weight is 539 g/mol. The van der Waals surface area contributed by atoms with Crippen LogP contribution in [0.4, 0.5) is 11.4 Å². The predicted molar refractivity (Wildman–Crippen MR) is 139 cm³/mol. The van der Waals surface area contributed by atoms with Crippen LogP contribution in [0.1, 0.15) is 28.2 Å². The molecule has 0 radical (unpaired) electrons. The summed E-state index contributed by atoms with van der Waals surface area (Å²) in [6.07, 6.45) is 1.62. The molecule has 0 bridgehead atoms. The van der Waals surface area contributed by atoms with Crippen molar-refractivity contribution in [2.75, 3.05) is 24.7 Å². The zero-order valence-electron chi connectivity index (χ0n) is 19.7. The van der Waals surface area contributed by atoms with Gasteiger partial charge in [0.05, 0.1) is 15.7 Å². The van der Waals surface area contributed by atoms with Crippen LogP contribution in [0.15, 0.2) is 70.5 Å². The molecule has 12 heteroatoms. The second-order valence-corrected chi connectivity index (χ2v) is 12.2. The number of nitrogens with one attached hydrogen (secondary N) is 4. The summed E-state index contributed by atoms with van der Waals surface area (Å²) in [5.41, 5.74) is 3.47. The van der Waals surface area contributed by atoms with Crippen LogP contribution >= 0.6 is 0 Å². The normalized spacial score (nSPS) is 17.9. The first-order chi connectivity index (χ1) is 17.5. The lowest BCUT2D eigenvalue weighted by Crippen LogP contribution is -2.18. The van der Waals surface area contributed by atoms with Crippen LogP contribution in [-0.4, -0.2) is 42.7 Å². The molecule has 0 fully saturated rings. The van der Waals surface area contributed by atoms with Crippen molar-refractivity contribution < 1.29 is 26.4 Å². The van der Waals surface area contributed by atoms with Crippen LogP contribution in [0, 0.1) is 0 Å². The molecule has 1 unspecified atom stereocenters. The Kier molecular flexibility index (Phi) is 5.99. The summed E-state index contributed by atoms with van der Waals surface area (Å²) >= 11 is 0. The second-order valence-electron chi connectivity index (χ2n) is 8.48. The number of amides is 2. The van der Waals surface area contributed by atoms with Crippen molar-refractivity contribution in [1.82, 2.24) is 9.44 Å². The summed E-state index contributed by atoms with van der Waals surface area (Å²) in [5.74, 6) is -1.44. The van der Waals surface area contributed by atoms with Gasteiger partial charge in [-0.2, -0.15) is 0 Å². The Balaban J connectivity index is 1.56. The molecule has 0 saturated carbocycles. The van der Waals surface area contributed by atoms with E-state index in [1.54, 1.807) is 36.4 Å². The number of hydrogen-bond donors (Lipinski definition) is 4. The third-order valence-corrected chi connectivity index (χ3v) is 9.17. The highest BCUT2D eigenvalue weighted by atomic mass is 32.2. The molecular formula is C25H22N4O6S2. The van der Waals surface area contributed by atoms with Crippen molar-refractivity contribution in [2.45, 2.75) is 15.7 Å². The molecule has 0 aromatic heterocycles. The van der Waals surface area contributed by atoms with Gasteiger partial charge in [0.2, 0.25) is 26.0 Å². The Morgan fingerprint density at radius 2 is 1.43 bits per heavy atom. The fourth-order valence-corrected chi connectivity index (χ4v) is 5.97. The van der Waals surface area contributed by atoms with E-state index in [2.05, 4.69) is 20.1 Å². The lowest BCUT2D eigenvalue weighted by atomic mass is 9.91. The molecule has 2 amide bonds. The van der Waals surface area contributed by atoms with Gasteiger partial charge in [0.15, 0.2) is 0 Å². The molecule has 0 spiro atoms. The zero-order valence-corrected chi connectivity index (χ0v) is 21.3. The molecule has 5 rings (SSSR count). The van der Waals surface area contributed by atoms with E-state index in [4.69, 9.17) is 0 Å². The van der Waals surface area contributed by atoms with E-state index in [1.807, 2.05) is 0 Å². The highest BCUT2D eigenvalue weighted by Gasteiger charge is 2.33. The summed E-state index contributed by atoms with van der Waals surface area (Å²) in [6, 6.07) is 15.8. The Labute approximate surface area is 213 Å². The second kappa shape index (κ2) is 8.92. The van der Waals surface area contributed by atoms with Gasteiger partial charge in [-0.25, -0.2) is 26.3 Å². The molecule has 3 aromatic carbocycles. The number of carbonyl (C=O) groups is 2. The molecule has 1 atom stereocenters. The van der Waals surface area contributed by atoms with E-state index in [0.29, 0.717) is 33.6 Å². The van der Waals surface area contributed by atoms with E-state index >= 15 is 0 Å². The minimum atomic E-state index is -3.71. The molecule has 0 aliphatic carbocycles. The number of anilines is 2. The third-order valence-electron chi connectivity index (χ3n) is 6.34. The number of benzene rings is 3. The van der Waals surface area contributed by atoms with Gasteiger partial charge in [-0.15, -0.1) is 0 Å². The van der Waals surface area contributed by atoms with E-state index in [9.17, 15) is 26.4 Å². The fraction of sp³-hybridized carbons (Fsp3) is 0.120. The number of rotatable bonds is 6. The molecule has 10 nitrogen and oxygen atoms in total. The monoisotopic (exact) mass is 538 g/mol. The molecule has 190 valence electrons. The summed E-state index contributed by atoms with van der Waals surface area (Å²) < 4.78 is 53.7. The highest BCUT2D eigenvalue weighted by molar-refractivity contribution is 7.89. The number of carbonyl (C=O) groups excluding carboxylic acids is 2. The highest BCUT2D eigenvalue weighted by Crippen LogP contribution is 2.39. The quantitative estimate of drug-likeness (QED) is 0.353. The van der Waals surface area contributed by atoms with Crippen LogP contribution < -0.4 is 20.1 Å². The summed E-state index contributed by atoms with van der Waals surface area (Å²) in [4.78, 5) is 25.7. The van der Waals surface area contributed by atoms with Gasteiger partial charge in [0.1, 0.15) is 0 Å². The van der Waals surface area contributed by atoms with Crippen LogP contribution in [0.3, 0.4) is 0 Å². The number of sulfonamides is 2. The first kappa shape index (κ1) is 24.8. The summed E-state index contributed by atoms with van der Waals surface area (Å²) in [5, 5.41) is 5.52. The maximum Gasteiger partial charge on any atom is 0.256 e. The Morgan fingerprint density at radius 3 is 2.11 bits per heavy atom. The minimum Gasteiger partial charge on any atom is -0.325 e. The fourth-order valence-electron chi connectivity index (χ4n) is 4.45. The lowest BCUT2D eigenvalue weighted by molar-refractivity contribution is -0.116. The van der Waals surface area contributed by atoms with Crippen LogP contribution in [0.2, 0.25) is 0 Å². The van der Waals surface area contributed by atoms with E-state index < -0.39 is 26.0 Å².